The number of rotatable bonds is 3. The summed E-state index contributed by atoms with van der Waals surface area (Å²) < 4.78 is 3.70. The van der Waals surface area contributed by atoms with Crippen LogP contribution in [0.3, 0.4) is 0 Å². The minimum absolute atomic E-state index is 0.0621. The fourth-order valence-electron chi connectivity index (χ4n) is 1.74. The predicted molar refractivity (Wildman–Crippen MR) is 75.5 cm³/mol. The highest BCUT2D eigenvalue weighted by atomic mass is 35.5. The fraction of sp³-hybridized carbons (Fsp3) is 0.0667. The molecule has 1 unspecified atom stereocenters. The van der Waals surface area contributed by atoms with Crippen LogP contribution in [0.5, 0.6) is 0 Å². The van der Waals surface area contributed by atoms with Gasteiger partial charge in [-0.15, -0.1) is 0 Å². The summed E-state index contributed by atoms with van der Waals surface area (Å²) in [5.41, 5.74) is 2.47. The third-order valence-corrected chi connectivity index (χ3v) is 2.88. The molecule has 0 bridgehead atoms. The molecule has 2 nitrogen and oxygen atoms in total. The third kappa shape index (κ3) is 3.05. The third-order valence-electron chi connectivity index (χ3n) is 2.69. The Bertz CT molecular complexity index is 541. The Morgan fingerprint density at radius 1 is 1.17 bits per heavy atom. The molecule has 0 radical (unpaired) electrons. The van der Waals surface area contributed by atoms with Crippen LogP contribution in [-0.2, 0) is 4.79 Å². The molecule has 2 rings (SSSR count). The average Bonchev–Trinajstić information content (AvgIpc) is 2.45. The van der Waals surface area contributed by atoms with Crippen molar-refractivity contribution in [3.05, 3.63) is 65.8 Å². The Balaban J connectivity index is 2.21. The van der Waals surface area contributed by atoms with E-state index < -0.39 is 0 Å². The molecular weight excluding hydrogens is 246 g/mol. The van der Waals surface area contributed by atoms with Gasteiger partial charge in [-0.2, -0.15) is 4.51 Å². The largest absolute Gasteiger partial charge is 0.298 e. The maximum Gasteiger partial charge on any atom is 0.149 e. The van der Waals surface area contributed by atoms with Gasteiger partial charge in [0.25, 0.3) is 0 Å². The maximum absolute atomic E-state index is 10.8. The van der Waals surface area contributed by atoms with Gasteiger partial charge >= 0.3 is 0 Å². The Morgan fingerprint density at radius 3 is 2.61 bits per heavy atom. The van der Waals surface area contributed by atoms with Gasteiger partial charge in [-0.1, -0.05) is 54.6 Å². The number of halogens is 1. The van der Waals surface area contributed by atoms with E-state index in [1.807, 2.05) is 48.6 Å². The summed E-state index contributed by atoms with van der Waals surface area (Å²) in [6, 6.07) is 9.94. The number of nitrogens with zero attached hydrogens (tertiary/aromatic N) is 1. The average molecular weight is 258 g/mol. The van der Waals surface area contributed by atoms with Crippen LogP contribution >= 0.6 is 11.8 Å². The van der Waals surface area contributed by atoms with Crippen molar-refractivity contribution in [2.75, 3.05) is 0 Å². The van der Waals surface area contributed by atoms with E-state index in [9.17, 15) is 4.79 Å². The molecule has 0 amide bonds. The van der Waals surface area contributed by atoms with Crippen LogP contribution in [-0.4, -0.2) is 12.0 Å². The second-order valence-electron chi connectivity index (χ2n) is 3.92. The van der Waals surface area contributed by atoms with Crippen LogP contribution in [0.2, 0.25) is 0 Å². The highest BCUT2D eigenvalue weighted by Crippen LogP contribution is 2.17. The van der Waals surface area contributed by atoms with Crippen molar-refractivity contribution in [3.63, 3.8) is 0 Å². The Labute approximate surface area is 111 Å². The van der Waals surface area contributed by atoms with E-state index in [1.165, 1.54) is 0 Å². The SMILES string of the molecule is O=CC1=CC(C=Cc2ccccc2)C(=NCl)C=C1. The second-order valence-corrected chi connectivity index (χ2v) is 4.09. The molecule has 0 aromatic heterocycles. The first-order valence-corrected chi connectivity index (χ1v) is 5.94. The molecule has 0 N–H and O–H groups in total. The topological polar surface area (TPSA) is 29.4 Å². The number of carbonyl (C=O) groups excluding carboxylic acids is 1. The van der Waals surface area contributed by atoms with Crippen molar-refractivity contribution in [3.8, 4) is 0 Å². The summed E-state index contributed by atoms with van der Waals surface area (Å²) in [4.78, 5) is 10.8. The van der Waals surface area contributed by atoms with Gasteiger partial charge < -0.3 is 0 Å². The lowest BCUT2D eigenvalue weighted by Gasteiger charge is -2.12. The first-order valence-electron chi connectivity index (χ1n) is 5.60. The lowest BCUT2D eigenvalue weighted by Crippen LogP contribution is -2.11. The number of hydrogen-bond donors (Lipinski definition) is 0. The van der Waals surface area contributed by atoms with Gasteiger partial charge in [-0.25, -0.2) is 0 Å². The van der Waals surface area contributed by atoms with Crippen LogP contribution in [0.15, 0.2) is 64.7 Å². The molecule has 1 aliphatic rings. The van der Waals surface area contributed by atoms with E-state index in [1.54, 1.807) is 12.2 Å². The zero-order valence-corrected chi connectivity index (χ0v) is 10.4. The van der Waals surface area contributed by atoms with Crippen molar-refractivity contribution in [2.24, 2.45) is 10.4 Å². The van der Waals surface area contributed by atoms with Crippen molar-refractivity contribution in [2.45, 2.75) is 0 Å². The van der Waals surface area contributed by atoms with Gasteiger partial charge in [0.2, 0.25) is 0 Å². The highest BCUT2D eigenvalue weighted by Gasteiger charge is 2.12. The molecule has 90 valence electrons. The summed E-state index contributed by atoms with van der Waals surface area (Å²) in [6.45, 7) is 0. The monoisotopic (exact) mass is 257 g/mol. The Hall–Kier alpha value is -1.93. The highest BCUT2D eigenvalue weighted by molar-refractivity contribution is 6.23. The van der Waals surface area contributed by atoms with E-state index in [2.05, 4.69) is 4.51 Å². The summed E-state index contributed by atoms with van der Waals surface area (Å²) in [5, 5.41) is 0. The number of benzene rings is 1. The van der Waals surface area contributed by atoms with Crippen LogP contribution in [0.25, 0.3) is 6.08 Å². The number of carbonyl (C=O) groups is 1. The zero-order chi connectivity index (χ0) is 12.8. The first-order chi connectivity index (χ1) is 8.83. The summed E-state index contributed by atoms with van der Waals surface area (Å²) in [6.07, 6.45) is 10.1. The minimum atomic E-state index is -0.0621. The second kappa shape index (κ2) is 6.12. The quantitative estimate of drug-likeness (QED) is 0.761. The van der Waals surface area contributed by atoms with E-state index in [0.29, 0.717) is 5.57 Å². The number of aldehydes is 1. The maximum atomic E-state index is 10.8. The Kier molecular flexibility index (Phi) is 4.26. The van der Waals surface area contributed by atoms with E-state index in [0.717, 1.165) is 17.6 Å². The van der Waals surface area contributed by atoms with Gasteiger partial charge in [0.1, 0.15) is 6.29 Å². The predicted octanol–water partition coefficient (Wildman–Crippen LogP) is 3.61. The van der Waals surface area contributed by atoms with Crippen molar-refractivity contribution in [1.82, 2.24) is 0 Å². The molecule has 1 aromatic carbocycles. The van der Waals surface area contributed by atoms with Crippen LogP contribution in [0.4, 0.5) is 0 Å². The van der Waals surface area contributed by atoms with Crippen molar-refractivity contribution in [1.29, 1.82) is 0 Å². The zero-order valence-electron chi connectivity index (χ0n) is 9.66. The summed E-state index contributed by atoms with van der Waals surface area (Å²) in [7, 11) is 0. The van der Waals surface area contributed by atoms with E-state index in [4.69, 9.17) is 11.8 Å². The molecule has 0 heterocycles. The van der Waals surface area contributed by atoms with Gasteiger partial charge in [-0.3, -0.25) is 4.79 Å². The molecule has 0 saturated heterocycles. The molecule has 18 heavy (non-hydrogen) atoms. The standard InChI is InChI=1S/C15H12ClNO/c16-17-15-9-7-13(11-18)10-14(15)8-6-12-4-2-1-3-5-12/h1-11,14H. The molecule has 0 spiro atoms. The number of hydrogen-bond acceptors (Lipinski definition) is 2. The smallest absolute Gasteiger partial charge is 0.149 e. The molecule has 1 aliphatic carbocycles. The van der Waals surface area contributed by atoms with Gasteiger partial charge in [0, 0.05) is 23.3 Å². The van der Waals surface area contributed by atoms with Crippen LogP contribution in [0.1, 0.15) is 5.56 Å². The molecule has 0 fully saturated rings. The molecule has 0 saturated carbocycles. The van der Waals surface area contributed by atoms with Gasteiger partial charge in [0.05, 0.1) is 5.71 Å². The first kappa shape index (κ1) is 12.5. The normalized spacial score (nSPS) is 21.3. The van der Waals surface area contributed by atoms with E-state index in [-0.39, 0.29) is 5.92 Å². The molecule has 1 aromatic rings. The van der Waals surface area contributed by atoms with Gasteiger partial charge in [-0.05, 0) is 11.6 Å². The number of allylic oxidation sites excluding steroid dienone is 5. The van der Waals surface area contributed by atoms with Crippen LogP contribution in [0, 0.1) is 5.92 Å². The minimum Gasteiger partial charge on any atom is -0.298 e. The molecule has 1 atom stereocenters. The van der Waals surface area contributed by atoms with Gasteiger partial charge in [0.15, 0.2) is 0 Å². The molecule has 3 heteroatoms. The molecule has 0 aliphatic heterocycles. The lowest BCUT2D eigenvalue weighted by molar-refractivity contribution is -0.104. The van der Waals surface area contributed by atoms with Crippen LogP contribution < -0.4 is 0 Å². The Morgan fingerprint density at radius 2 is 1.94 bits per heavy atom. The van der Waals surface area contributed by atoms with Crippen molar-refractivity contribution < 1.29 is 4.79 Å². The molecular formula is C15H12ClNO. The summed E-state index contributed by atoms with van der Waals surface area (Å²) >= 11 is 5.53. The fourth-order valence-corrected chi connectivity index (χ4v) is 1.91. The lowest BCUT2D eigenvalue weighted by atomic mass is 9.94. The summed E-state index contributed by atoms with van der Waals surface area (Å²) in [5.74, 6) is -0.0621. The van der Waals surface area contributed by atoms with E-state index >= 15 is 0 Å². The van der Waals surface area contributed by atoms with Crippen molar-refractivity contribution >= 4 is 29.9 Å².